The van der Waals surface area contributed by atoms with E-state index in [1.54, 1.807) is 0 Å². The molecule has 0 fully saturated rings. The lowest BCUT2D eigenvalue weighted by molar-refractivity contribution is 0.896. The molecule has 0 aliphatic heterocycles. The van der Waals surface area contributed by atoms with Crippen LogP contribution in [0.5, 0.6) is 0 Å². The van der Waals surface area contributed by atoms with Crippen LogP contribution in [0.4, 0.5) is 0 Å². The van der Waals surface area contributed by atoms with Crippen LogP contribution >= 0.6 is 11.6 Å². The summed E-state index contributed by atoms with van der Waals surface area (Å²) in [5, 5.41) is 4.86. The number of halogens is 1. The molecule has 0 heterocycles. The third-order valence-electron chi connectivity index (χ3n) is 4.17. The Hall–Kier alpha value is -2.49. The van der Waals surface area contributed by atoms with E-state index in [-0.39, 0.29) is 0 Å². The Morgan fingerprint density at radius 1 is 0.870 bits per heavy atom. The average molecular weight is 315 g/mol. The van der Waals surface area contributed by atoms with Crippen molar-refractivity contribution in [3.8, 4) is 11.8 Å². The predicted octanol–water partition coefficient (Wildman–Crippen LogP) is 5.84. The van der Waals surface area contributed by atoms with Gasteiger partial charge in [-0.25, -0.2) is 0 Å². The molecular weight excluding hydrogens is 300 g/mol. The van der Waals surface area contributed by atoms with Gasteiger partial charge in [0.1, 0.15) is 4.87 Å². The first-order chi connectivity index (χ1) is 11.2. The Kier molecular flexibility index (Phi) is 3.45. The maximum absolute atomic E-state index is 6.56. The normalized spacial score (nSPS) is 19.7. The van der Waals surface area contributed by atoms with Crippen LogP contribution in [-0.2, 0) is 0 Å². The molecule has 23 heavy (non-hydrogen) atoms. The smallest absolute Gasteiger partial charge is 0.100 e. The van der Waals surface area contributed by atoms with Gasteiger partial charge >= 0.3 is 0 Å². The van der Waals surface area contributed by atoms with Crippen LogP contribution in [0, 0.1) is 11.8 Å². The molecule has 1 aliphatic carbocycles. The van der Waals surface area contributed by atoms with Crippen LogP contribution in [-0.4, -0.2) is 4.87 Å². The monoisotopic (exact) mass is 314 g/mol. The van der Waals surface area contributed by atoms with Crippen LogP contribution in [0.2, 0.25) is 0 Å². The molecule has 0 spiro atoms. The third kappa shape index (κ3) is 2.77. The number of alkyl halides is 1. The Bertz CT molecular complexity index is 1010. The van der Waals surface area contributed by atoms with Gasteiger partial charge < -0.3 is 0 Å². The van der Waals surface area contributed by atoms with Crippen LogP contribution in [0.15, 0.2) is 78.9 Å². The number of rotatable bonds is 0. The maximum atomic E-state index is 6.56. The molecule has 0 saturated carbocycles. The highest BCUT2D eigenvalue weighted by Crippen LogP contribution is 2.27. The molecule has 4 rings (SSSR count). The van der Waals surface area contributed by atoms with Gasteiger partial charge in [-0.15, -0.1) is 11.6 Å². The fourth-order valence-corrected chi connectivity index (χ4v) is 3.14. The minimum absolute atomic E-state index is 0.590. The maximum Gasteiger partial charge on any atom is 0.127 e. The number of hydrogen-bond donors (Lipinski definition) is 0. The van der Waals surface area contributed by atoms with Gasteiger partial charge in [-0.2, -0.15) is 0 Å². The molecule has 0 N–H and O–H groups in total. The van der Waals surface area contributed by atoms with E-state index in [0.29, 0.717) is 0 Å². The summed E-state index contributed by atoms with van der Waals surface area (Å²) in [6, 6.07) is 19.1. The summed E-state index contributed by atoms with van der Waals surface area (Å²) in [6.45, 7) is 0. The zero-order valence-electron chi connectivity index (χ0n) is 12.6. The van der Waals surface area contributed by atoms with Gasteiger partial charge in [-0.1, -0.05) is 72.5 Å². The molecule has 0 radical (unpaired) electrons. The van der Waals surface area contributed by atoms with E-state index in [1.807, 2.05) is 18.2 Å². The Balaban J connectivity index is 1.86. The van der Waals surface area contributed by atoms with Crippen molar-refractivity contribution in [3.05, 3.63) is 84.5 Å². The van der Waals surface area contributed by atoms with E-state index in [9.17, 15) is 0 Å². The van der Waals surface area contributed by atoms with E-state index >= 15 is 0 Å². The molecule has 3 aromatic rings. The van der Waals surface area contributed by atoms with Gasteiger partial charge in [0.2, 0.25) is 0 Å². The van der Waals surface area contributed by atoms with Gasteiger partial charge in [-0.3, -0.25) is 0 Å². The van der Waals surface area contributed by atoms with Crippen molar-refractivity contribution in [1.82, 2.24) is 0 Å². The van der Waals surface area contributed by atoms with E-state index in [4.69, 9.17) is 11.6 Å². The lowest BCUT2D eigenvalue weighted by Gasteiger charge is -2.16. The summed E-state index contributed by atoms with van der Waals surface area (Å²) in [4.78, 5) is -0.590. The van der Waals surface area contributed by atoms with Crippen molar-refractivity contribution in [3.63, 3.8) is 0 Å². The summed E-state index contributed by atoms with van der Waals surface area (Å²) in [6.07, 6.45) is 8.72. The van der Waals surface area contributed by atoms with Crippen molar-refractivity contribution in [2.24, 2.45) is 0 Å². The quantitative estimate of drug-likeness (QED) is 0.278. The Morgan fingerprint density at radius 3 is 2.43 bits per heavy atom. The lowest BCUT2D eigenvalue weighted by Crippen LogP contribution is -2.15. The highest BCUT2D eigenvalue weighted by molar-refractivity contribution is 6.27. The minimum Gasteiger partial charge on any atom is -0.100 e. The van der Waals surface area contributed by atoms with Gasteiger partial charge in [-0.05, 0) is 46.2 Å². The Labute approximate surface area is 141 Å². The van der Waals surface area contributed by atoms with Crippen LogP contribution in [0.1, 0.15) is 12.0 Å². The van der Waals surface area contributed by atoms with Crippen molar-refractivity contribution >= 4 is 33.1 Å². The number of hydrogen-bond acceptors (Lipinski definition) is 0. The molecule has 1 unspecified atom stereocenters. The van der Waals surface area contributed by atoms with Gasteiger partial charge in [0, 0.05) is 5.56 Å². The van der Waals surface area contributed by atoms with Crippen molar-refractivity contribution < 1.29 is 0 Å². The van der Waals surface area contributed by atoms with Gasteiger partial charge in [0.25, 0.3) is 0 Å². The lowest BCUT2D eigenvalue weighted by atomic mass is 9.97. The summed E-state index contributed by atoms with van der Waals surface area (Å²) in [5.74, 6) is 6.53. The summed E-state index contributed by atoms with van der Waals surface area (Å²) in [7, 11) is 0. The first kappa shape index (κ1) is 14.1. The molecule has 3 aromatic carbocycles. The second-order valence-corrected chi connectivity index (χ2v) is 6.50. The second kappa shape index (κ2) is 5.61. The molecule has 0 amide bonds. The molecule has 1 atom stereocenters. The van der Waals surface area contributed by atoms with Crippen LogP contribution in [0.3, 0.4) is 0 Å². The average Bonchev–Trinajstić information content (AvgIpc) is 2.59. The van der Waals surface area contributed by atoms with E-state index < -0.39 is 4.87 Å². The minimum atomic E-state index is -0.590. The molecule has 1 aliphatic rings. The van der Waals surface area contributed by atoms with Gasteiger partial charge in [0.15, 0.2) is 0 Å². The topological polar surface area (TPSA) is 0 Å². The highest BCUT2D eigenvalue weighted by Gasteiger charge is 2.20. The molecule has 110 valence electrons. The van der Waals surface area contributed by atoms with Crippen molar-refractivity contribution in [1.29, 1.82) is 0 Å². The number of benzene rings is 3. The molecule has 0 aromatic heterocycles. The molecular formula is C22H15Cl. The second-order valence-electron chi connectivity index (χ2n) is 5.83. The molecule has 1 heteroatoms. The van der Waals surface area contributed by atoms with Gasteiger partial charge in [0.05, 0.1) is 0 Å². The van der Waals surface area contributed by atoms with Crippen molar-refractivity contribution in [2.75, 3.05) is 0 Å². The summed E-state index contributed by atoms with van der Waals surface area (Å²) < 4.78 is 0. The zero-order chi connectivity index (χ0) is 15.7. The Morgan fingerprint density at radius 2 is 1.65 bits per heavy atom. The van der Waals surface area contributed by atoms with Crippen LogP contribution < -0.4 is 0 Å². The number of fused-ring (bicyclic) bond motifs is 2. The summed E-state index contributed by atoms with van der Waals surface area (Å²) >= 11 is 6.56. The molecule has 0 nitrogen and oxygen atoms in total. The summed E-state index contributed by atoms with van der Waals surface area (Å²) in [5.41, 5.74) is 1.02. The largest absolute Gasteiger partial charge is 0.127 e. The predicted molar refractivity (Wildman–Crippen MR) is 99.8 cm³/mol. The highest BCUT2D eigenvalue weighted by atomic mass is 35.5. The standard InChI is InChI=1S/C22H15Cl/c23-22(12-4-1-5-13-22)14-11-17-9-6-10-20-15-18-7-2-3-8-19(18)16-21(17)20/h1-10,12,15-16H,13H2. The molecule has 0 bridgehead atoms. The van der Waals surface area contributed by atoms with Crippen LogP contribution in [0.25, 0.3) is 21.5 Å². The van der Waals surface area contributed by atoms with E-state index in [1.165, 1.54) is 21.5 Å². The van der Waals surface area contributed by atoms with Crippen molar-refractivity contribution in [2.45, 2.75) is 11.3 Å². The first-order valence-corrected chi connectivity index (χ1v) is 8.09. The fourth-order valence-electron chi connectivity index (χ4n) is 2.93. The zero-order valence-corrected chi connectivity index (χ0v) is 13.3. The third-order valence-corrected chi connectivity index (χ3v) is 4.55. The number of allylic oxidation sites excluding steroid dienone is 4. The molecule has 0 saturated heterocycles. The SMILES string of the molecule is ClC1(C#Cc2cccc3cc4ccccc4cc23)C=CC=CC1. The van der Waals surface area contributed by atoms with E-state index in [0.717, 1.165) is 12.0 Å². The first-order valence-electron chi connectivity index (χ1n) is 7.72. The fraction of sp³-hybridized carbons (Fsp3) is 0.0909. The van der Waals surface area contributed by atoms with E-state index in [2.05, 4.69) is 72.5 Å².